The van der Waals surface area contributed by atoms with Gasteiger partial charge in [-0.25, -0.2) is 4.79 Å². The Morgan fingerprint density at radius 2 is 1.83 bits per heavy atom. The van der Waals surface area contributed by atoms with Crippen molar-refractivity contribution < 1.29 is 14.3 Å². The van der Waals surface area contributed by atoms with Crippen LogP contribution in [0.15, 0.2) is 4.99 Å². The first-order valence-corrected chi connectivity index (χ1v) is 8.77. The summed E-state index contributed by atoms with van der Waals surface area (Å²) in [7, 11) is 0. The Bertz CT molecular complexity index is 397. The highest BCUT2D eigenvalue weighted by atomic mass is 127. The molecule has 2 aliphatic rings. The van der Waals surface area contributed by atoms with Crippen LogP contribution in [0.1, 0.15) is 26.7 Å². The minimum atomic E-state index is -0.220. The molecule has 140 valence electrons. The monoisotopic (exact) mass is 454 g/mol. The zero-order valence-electron chi connectivity index (χ0n) is 14.8. The van der Waals surface area contributed by atoms with Crippen molar-refractivity contribution in [3.8, 4) is 0 Å². The first kappa shape index (κ1) is 21.3. The lowest BCUT2D eigenvalue weighted by Crippen LogP contribution is -2.54. The van der Waals surface area contributed by atoms with Gasteiger partial charge in [0.05, 0.1) is 19.8 Å². The topological polar surface area (TPSA) is 66.4 Å². The number of carbonyl (C=O) groups is 1. The molecular weight excluding hydrogens is 423 g/mol. The summed E-state index contributed by atoms with van der Waals surface area (Å²) in [6.07, 6.45) is 2.41. The molecule has 7 nitrogen and oxygen atoms in total. The highest BCUT2D eigenvalue weighted by molar-refractivity contribution is 14.0. The number of halogens is 1. The van der Waals surface area contributed by atoms with E-state index in [9.17, 15) is 4.79 Å². The summed E-state index contributed by atoms with van der Waals surface area (Å²) in [5.41, 5.74) is 0. The molecule has 1 saturated carbocycles. The number of amides is 1. The second-order valence-corrected chi connectivity index (χ2v) is 5.93. The van der Waals surface area contributed by atoms with E-state index >= 15 is 0 Å². The molecule has 0 bridgehead atoms. The van der Waals surface area contributed by atoms with E-state index < -0.39 is 0 Å². The van der Waals surface area contributed by atoms with Gasteiger partial charge in [-0.05, 0) is 32.6 Å². The van der Waals surface area contributed by atoms with E-state index in [0.29, 0.717) is 32.8 Å². The second-order valence-electron chi connectivity index (χ2n) is 5.93. The summed E-state index contributed by atoms with van der Waals surface area (Å²) in [6, 6.07) is 0. The number of nitrogens with one attached hydrogen (secondary N) is 1. The maximum absolute atomic E-state index is 11.7. The molecule has 0 aromatic rings. The van der Waals surface area contributed by atoms with Crippen LogP contribution in [0.2, 0.25) is 0 Å². The molecule has 24 heavy (non-hydrogen) atoms. The van der Waals surface area contributed by atoms with Crippen molar-refractivity contribution in [3.05, 3.63) is 0 Å². The number of carbonyl (C=O) groups excluding carboxylic acids is 1. The molecule has 1 N–H and O–H groups in total. The van der Waals surface area contributed by atoms with Crippen molar-refractivity contribution in [1.82, 2.24) is 15.1 Å². The molecule has 2 rings (SSSR count). The van der Waals surface area contributed by atoms with Crippen LogP contribution in [-0.4, -0.2) is 80.9 Å². The first-order valence-electron chi connectivity index (χ1n) is 8.77. The molecule has 1 saturated heterocycles. The SMILES string of the molecule is CCNC(=NCCOCC1CC1)N1CCN(C(=O)OCC)CC1.I. The Kier molecular flexibility index (Phi) is 10.4. The molecule has 1 amide bonds. The molecule has 0 aromatic heterocycles. The van der Waals surface area contributed by atoms with Crippen molar-refractivity contribution in [1.29, 1.82) is 0 Å². The third kappa shape index (κ3) is 7.42. The van der Waals surface area contributed by atoms with Crippen molar-refractivity contribution >= 4 is 36.0 Å². The number of hydrogen-bond donors (Lipinski definition) is 1. The molecule has 0 radical (unpaired) electrons. The summed E-state index contributed by atoms with van der Waals surface area (Å²) in [5.74, 6) is 1.70. The van der Waals surface area contributed by atoms with Gasteiger partial charge in [-0.15, -0.1) is 24.0 Å². The average Bonchev–Trinajstić information content (AvgIpc) is 3.38. The normalized spacial score (nSPS) is 18.2. The summed E-state index contributed by atoms with van der Waals surface area (Å²) in [5, 5.41) is 3.32. The molecule has 1 heterocycles. The van der Waals surface area contributed by atoms with E-state index in [1.54, 1.807) is 4.90 Å². The predicted octanol–water partition coefficient (Wildman–Crippen LogP) is 1.77. The molecule has 2 fully saturated rings. The average molecular weight is 454 g/mol. The van der Waals surface area contributed by atoms with E-state index in [1.807, 2.05) is 6.92 Å². The lowest BCUT2D eigenvalue weighted by atomic mass is 10.3. The van der Waals surface area contributed by atoms with E-state index in [4.69, 9.17) is 9.47 Å². The van der Waals surface area contributed by atoms with Gasteiger partial charge in [0.2, 0.25) is 0 Å². The van der Waals surface area contributed by atoms with Crippen LogP contribution in [0.3, 0.4) is 0 Å². The third-order valence-electron chi connectivity index (χ3n) is 3.99. The van der Waals surface area contributed by atoms with Crippen LogP contribution in [0.5, 0.6) is 0 Å². The highest BCUT2D eigenvalue weighted by Gasteiger charge is 2.24. The van der Waals surface area contributed by atoms with E-state index in [1.165, 1.54) is 12.8 Å². The Balaban J connectivity index is 0.00000288. The smallest absolute Gasteiger partial charge is 0.409 e. The van der Waals surface area contributed by atoms with Crippen LogP contribution in [0.4, 0.5) is 4.79 Å². The van der Waals surface area contributed by atoms with Gasteiger partial charge in [0.1, 0.15) is 0 Å². The van der Waals surface area contributed by atoms with Crippen LogP contribution >= 0.6 is 24.0 Å². The summed E-state index contributed by atoms with van der Waals surface area (Å²) in [4.78, 5) is 20.3. The van der Waals surface area contributed by atoms with Gasteiger partial charge in [0.15, 0.2) is 5.96 Å². The summed E-state index contributed by atoms with van der Waals surface area (Å²) < 4.78 is 10.7. The van der Waals surface area contributed by atoms with Crippen LogP contribution in [0.25, 0.3) is 0 Å². The lowest BCUT2D eigenvalue weighted by molar-refractivity contribution is 0.0913. The highest BCUT2D eigenvalue weighted by Crippen LogP contribution is 2.28. The zero-order valence-corrected chi connectivity index (χ0v) is 17.2. The summed E-state index contributed by atoms with van der Waals surface area (Å²) in [6.45, 7) is 10.3. The van der Waals surface area contributed by atoms with E-state index in [0.717, 1.165) is 38.1 Å². The van der Waals surface area contributed by atoms with Crippen LogP contribution in [0, 0.1) is 5.92 Å². The van der Waals surface area contributed by atoms with E-state index in [2.05, 4.69) is 22.1 Å². The van der Waals surface area contributed by atoms with Gasteiger partial charge in [0.25, 0.3) is 0 Å². The van der Waals surface area contributed by atoms with Crippen molar-refractivity contribution in [2.24, 2.45) is 10.9 Å². The minimum absolute atomic E-state index is 0. The Morgan fingerprint density at radius 3 is 2.42 bits per heavy atom. The number of guanidine groups is 1. The molecule has 8 heteroatoms. The number of ether oxygens (including phenoxy) is 2. The van der Waals surface area contributed by atoms with Gasteiger partial charge >= 0.3 is 6.09 Å². The van der Waals surface area contributed by atoms with Gasteiger partial charge in [-0.2, -0.15) is 0 Å². The molecule has 0 aromatic carbocycles. The quantitative estimate of drug-likeness (QED) is 0.275. The van der Waals surface area contributed by atoms with Crippen molar-refractivity contribution in [2.75, 3.05) is 59.1 Å². The summed E-state index contributed by atoms with van der Waals surface area (Å²) >= 11 is 0. The fraction of sp³-hybridized carbons (Fsp3) is 0.875. The molecule has 1 aliphatic carbocycles. The molecular formula is C16H31IN4O3. The van der Waals surface area contributed by atoms with Gasteiger partial charge in [0, 0.05) is 39.3 Å². The molecule has 0 atom stereocenters. The first-order chi connectivity index (χ1) is 11.2. The Hall–Kier alpha value is -0.770. The third-order valence-corrected chi connectivity index (χ3v) is 3.99. The minimum Gasteiger partial charge on any atom is -0.450 e. The Labute approximate surface area is 162 Å². The predicted molar refractivity (Wildman–Crippen MR) is 105 cm³/mol. The second kappa shape index (κ2) is 11.7. The van der Waals surface area contributed by atoms with E-state index in [-0.39, 0.29) is 30.1 Å². The lowest BCUT2D eigenvalue weighted by Gasteiger charge is -2.35. The standard InChI is InChI=1S/C16H30N4O3.HI/c1-3-17-15(18-7-12-22-13-14-5-6-14)19-8-10-20(11-9-19)16(21)23-4-2;/h14H,3-13H2,1-2H3,(H,17,18);1H. The number of piperazine rings is 1. The zero-order chi connectivity index (χ0) is 16.5. The molecule has 1 aliphatic heterocycles. The number of aliphatic imine (C=N–C) groups is 1. The van der Waals surface area contributed by atoms with Crippen LogP contribution in [-0.2, 0) is 9.47 Å². The van der Waals surface area contributed by atoms with Crippen molar-refractivity contribution in [3.63, 3.8) is 0 Å². The Morgan fingerprint density at radius 1 is 1.17 bits per heavy atom. The van der Waals surface area contributed by atoms with Crippen molar-refractivity contribution in [2.45, 2.75) is 26.7 Å². The molecule has 0 spiro atoms. The number of hydrogen-bond acceptors (Lipinski definition) is 4. The van der Waals surface area contributed by atoms with Crippen LogP contribution < -0.4 is 5.32 Å². The van der Waals surface area contributed by atoms with Gasteiger partial charge in [-0.3, -0.25) is 4.99 Å². The molecule has 0 unspecified atom stereocenters. The fourth-order valence-electron chi connectivity index (χ4n) is 2.49. The van der Waals surface area contributed by atoms with Gasteiger partial charge < -0.3 is 24.6 Å². The van der Waals surface area contributed by atoms with Gasteiger partial charge in [-0.1, -0.05) is 0 Å². The number of rotatable bonds is 7. The number of nitrogens with zero attached hydrogens (tertiary/aromatic N) is 3. The maximum atomic E-state index is 11.7. The largest absolute Gasteiger partial charge is 0.450 e. The fourth-order valence-corrected chi connectivity index (χ4v) is 2.49. The maximum Gasteiger partial charge on any atom is 0.409 e.